The van der Waals surface area contributed by atoms with Gasteiger partial charge in [0, 0.05) is 0 Å². The molecule has 0 atom stereocenters. The van der Waals surface area contributed by atoms with Gasteiger partial charge in [0.05, 0.1) is 9.52 Å². The highest BCUT2D eigenvalue weighted by molar-refractivity contribution is 6.67. The van der Waals surface area contributed by atoms with Gasteiger partial charge in [0.25, 0.3) is 0 Å². The van der Waals surface area contributed by atoms with Crippen LogP contribution in [-0.2, 0) is 0 Å². The van der Waals surface area contributed by atoms with Gasteiger partial charge in [-0.3, -0.25) is 0 Å². The van der Waals surface area contributed by atoms with Gasteiger partial charge in [-0.1, -0.05) is 71.0 Å². The average molecular weight is 201 g/mol. The Hall–Kier alpha value is -1.38. The summed E-state index contributed by atoms with van der Waals surface area (Å²) in [6.45, 7) is 0. The summed E-state index contributed by atoms with van der Waals surface area (Å²) in [5, 5.41) is 3.02. The predicted octanol–water partition coefficient (Wildman–Crippen LogP) is 0.968. The second-order valence-corrected chi connectivity index (χ2v) is 5.13. The molecule has 0 radical (unpaired) electrons. The predicted molar refractivity (Wildman–Crippen MR) is 65.7 cm³/mol. The second kappa shape index (κ2) is 5.37. The quantitative estimate of drug-likeness (QED) is 0.722. The third kappa shape index (κ3) is 2.83. The molecule has 0 aliphatic rings. The molecule has 0 saturated heterocycles. The SMILES string of the molecule is N.c1ccc([SiH2]c2ccccc2)cc1. The van der Waals surface area contributed by atoms with Crippen molar-refractivity contribution in [3.63, 3.8) is 0 Å². The fourth-order valence-electron chi connectivity index (χ4n) is 1.43. The summed E-state index contributed by atoms with van der Waals surface area (Å²) < 4.78 is 0. The highest BCUT2D eigenvalue weighted by Crippen LogP contribution is 1.84. The third-order valence-electron chi connectivity index (χ3n) is 2.09. The first-order chi connectivity index (χ1) is 6.45. The number of benzene rings is 2. The van der Waals surface area contributed by atoms with Crippen LogP contribution in [0.3, 0.4) is 0 Å². The Kier molecular flexibility index (Phi) is 4.10. The maximum Gasteiger partial charge on any atom is 0.0875 e. The van der Waals surface area contributed by atoms with Crippen molar-refractivity contribution in [2.75, 3.05) is 0 Å². The lowest BCUT2D eigenvalue weighted by Gasteiger charge is -1.99. The van der Waals surface area contributed by atoms with Crippen molar-refractivity contribution in [2.45, 2.75) is 0 Å². The molecule has 0 saturated carbocycles. The maximum absolute atomic E-state index is 2.22. The summed E-state index contributed by atoms with van der Waals surface area (Å²) in [7, 11) is -0.234. The van der Waals surface area contributed by atoms with Crippen molar-refractivity contribution in [2.24, 2.45) is 0 Å². The molecule has 0 aliphatic heterocycles. The lowest BCUT2D eigenvalue weighted by molar-refractivity contribution is 1.75. The summed E-state index contributed by atoms with van der Waals surface area (Å²) in [5.74, 6) is 0. The Balaban J connectivity index is 0.000000980. The van der Waals surface area contributed by atoms with Gasteiger partial charge in [-0.05, 0) is 0 Å². The fourth-order valence-corrected chi connectivity index (χ4v) is 2.91. The van der Waals surface area contributed by atoms with Crippen LogP contribution in [0, 0.1) is 0 Å². The number of rotatable bonds is 2. The Labute approximate surface area is 87.2 Å². The molecule has 14 heavy (non-hydrogen) atoms. The molecule has 0 aromatic heterocycles. The average Bonchev–Trinajstić information content (AvgIpc) is 2.21. The molecule has 0 spiro atoms. The van der Waals surface area contributed by atoms with E-state index in [0.29, 0.717) is 0 Å². The minimum Gasteiger partial charge on any atom is -0.344 e. The first-order valence-electron chi connectivity index (χ1n) is 4.53. The Morgan fingerprint density at radius 2 is 0.929 bits per heavy atom. The zero-order valence-electron chi connectivity index (χ0n) is 8.19. The summed E-state index contributed by atoms with van der Waals surface area (Å²) >= 11 is 0. The van der Waals surface area contributed by atoms with E-state index in [2.05, 4.69) is 60.7 Å². The molecule has 72 valence electrons. The lowest BCUT2D eigenvalue weighted by Crippen LogP contribution is -2.26. The van der Waals surface area contributed by atoms with Gasteiger partial charge in [0.15, 0.2) is 0 Å². The van der Waals surface area contributed by atoms with Crippen molar-refractivity contribution < 1.29 is 0 Å². The van der Waals surface area contributed by atoms with E-state index < -0.39 is 0 Å². The minimum absolute atomic E-state index is 0. The Morgan fingerprint density at radius 3 is 1.29 bits per heavy atom. The highest BCUT2D eigenvalue weighted by atomic mass is 28.2. The van der Waals surface area contributed by atoms with Gasteiger partial charge in [0.1, 0.15) is 0 Å². The molecular formula is C12H15NSi. The van der Waals surface area contributed by atoms with E-state index in [-0.39, 0.29) is 15.7 Å². The van der Waals surface area contributed by atoms with E-state index in [4.69, 9.17) is 0 Å². The molecule has 1 nitrogen and oxygen atoms in total. The first-order valence-corrected chi connectivity index (χ1v) is 5.94. The van der Waals surface area contributed by atoms with Crippen LogP contribution in [0.4, 0.5) is 0 Å². The zero-order valence-corrected chi connectivity index (χ0v) is 9.60. The van der Waals surface area contributed by atoms with Crippen molar-refractivity contribution in [1.29, 1.82) is 0 Å². The molecule has 0 heterocycles. The van der Waals surface area contributed by atoms with Crippen LogP contribution in [0.5, 0.6) is 0 Å². The molecule has 2 rings (SSSR count). The molecule has 0 bridgehead atoms. The van der Waals surface area contributed by atoms with Crippen LogP contribution < -0.4 is 16.5 Å². The topological polar surface area (TPSA) is 35.0 Å². The Bertz CT molecular complexity index is 321. The molecule has 0 aliphatic carbocycles. The monoisotopic (exact) mass is 201 g/mol. The van der Waals surface area contributed by atoms with Crippen molar-refractivity contribution in [3.8, 4) is 0 Å². The zero-order chi connectivity index (χ0) is 8.93. The van der Waals surface area contributed by atoms with Crippen molar-refractivity contribution in [3.05, 3.63) is 60.7 Å². The van der Waals surface area contributed by atoms with Crippen molar-refractivity contribution >= 4 is 19.9 Å². The van der Waals surface area contributed by atoms with Gasteiger partial charge < -0.3 is 6.15 Å². The number of hydrogen-bond acceptors (Lipinski definition) is 1. The normalized spacial score (nSPS) is 9.14. The standard InChI is InChI=1S/C12H12Si.H3N/c1-3-7-11(8-4-1)13-12-9-5-2-6-10-12;/h1-10H,13H2;1H3. The van der Waals surface area contributed by atoms with Gasteiger partial charge in [-0.25, -0.2) is 0 Å². The molecule has 0 fully saturated rings. The lowest BCUT2D eigenvalue weighted by atomic mass is 10.4. The van der Waals surface area contributed by atoms with Gasteiger partial charge in [0.2, 0.25) is 0 Å². The molecule has 3 N–H and O–H groups in total. The van der Waals surface area contributed by atoms with E-state index in [0.717, 1.165) is 0 Å². The summed E-state index contributed by atoms with van der Waals surface area (Å²) in [6, 6.07) is 21.5. The smallest absolute Gasteiger partial charge is 0.0875 e. The van der Waals surface area contributed by atoms with Crippen LogP contribution in [0.25, 0.3) is 0 Å². The van der Waals surface area contributed by atoms with Gasteiger partial charge >= 0.3 is 0 Å². The molecular weight excluding hydrogens is 186 g/mol. The summed E-state index contributed by atoms with van der Waals surface area (Å²) in [4.78, 5) is 0. The van der Waals surface area contributed by atoms with E-state index in [1.165, 1.54) is 10.4 Å². The molecule has 0 amide bonds. The summed E-state index contributed by atoms with van der Waals surface area (Å²) in [5.41, 5.74) is 0. The largest absolute Gasteiger partial charge is 0.344 e. The molecule has 0 unspecified atom stereocenters. The van der Waals surface area contributed by atoms with Crippen molar-refractivity contribution in [1.82, 2.24) is 6.15 Å². The number of hydrogen-bond donors (Lipinski definition) is 1. The van der Waals surface area contributed by atoms with E-state index in [1.54, 1.807) is 0 Å². The Morgan fingerprint density at radius 1 is 0.571 bits per heavy atom. The van der Waals surface area contributed by atoms with E-state index in [1.807, 2.05) is 0 Å². The maximum atomic E-state index is 2.22. The van der Waals surface area contributed by atoms with Gasteiger partial charge in [-0.2, -0.15) is 0 Å². The van der Waals surface area contributed by atoms with Crippen LogP contribution in [0.1, 0.15) is 0 Å². The first kappa shape index (κ1) is 10.7. The van der Waals surface area contributed by atoms with E-state index >= 15 is 0 Å². The molecule has 2 heteroatoms. The highest BCUT2D eigenvalue weighted by Gasteiger charge is 1.93. The van der Waals surface area contributed by atoms with Crippen LogP contribution in [-0.4, -0.2) is 9.52 Å². The van der Waals surface area contributed by atoms with Crippen LogP contribution in [0.2, 0.25) is 0 Å². The van der Waals surface area contributed by atoms with Crippen LogP contribution >= 0.6 is 0 Å². The molecule has 2 aromatic carbocycles. The summed E-state index contributed by atoms with van der Waals surface area (Å²) in [6.07, 6.45) is 0. The molecule has 2 aromatic rings. The second-order valence-electron chi connectivity index (χ2n) is 3.15. The van der Waals surface area contributed by atoms with Crippen LogP contribution in [0.15, 0.2) is 60.7 Å². The van der Waals surface area contributed by atoms with E-state index in [9.17, 15) is 0 Å². The third-order valence-corrected chi connectivity index (χ3v) is 3.85. The fraction of sp³-hybridized carbons (Fsp3) is 0. The minimum atomic E-state index is -0.234. The van der Waals surface area contributed by atoms with Gasteiger partial charge in [-0.15, -0.1) is 0 Å².